The molecule has 0 saturated carbocycles. The minimum Gasteiger partial charge on any atom is -0.290 e. The highest BCUT2D eigenvalue weighted by Gasteiger charge is 2.05. The van der Waals surface area contributed by atoms with Crippen molar-refractivity contribution in [3.63, 3.8) is 0 Å². The molecule has 0 amide bonds. The van der Waals surface area contributed by atoms with Gasteiger partial charge in [0.25, 0.3) is 0 Å². The normalized spacial score (nSPS) is 15.2. The number of nitrogens with one attached hydrogen (secondary N) is 2. The molecule has 0 bridgehead atoms. The third-order valence-corrected chi connectivity index (χ3v) is 2.54. The maximum Gasteiger partial charge on any atom is 0.373 e. The van der Waals surface area contributed by atoms with E-state index in [1.54, 1.807) is 0 Å². The van der Waals surface area contributed by atoms with Crippen LogP contribution in [-0.4, -0.2) is 9.28 Å². The van der Waals surface area contributed by atoms with Crippen molar-refractivity contribution < 1.29 is 9.05 Å². The Bertz CT molecular complexity index is 195. The van der Waals surface area contributed by atoms with E-state index in [4.69, 9.17) is 9.05 Å². The van der Waals surface area contributed by atoms with E-state index >= 15 is 0 Å². The number of allylic oxidation sites excluding steroid dienone is 4. The van der Waals surface area contributed by atoms with Crippen molar-refractivity contribution in [3.8, 4) is 0 Å². The number of hydrogen-bond donors (Lipinski definition) is 2. The Hall–Kier alpha value is -0.783. The lowest BCUT2D eigenvalue weighted by Crippen LogP contribution is -2.31. The van der Waals surface area contributed by atoms with Crippen LogP contribution in [0.25, 0.3) is 0 Å². The standard InChI is InChI=1S/C9H20N2O2Si/c1-6-8(3)10-12-14(5)13-11-9(4)7-2/h6-7,10-11,14H,1-5H3. The fourth-order valence-corrected chi connectivity index (χ4v) is 1.25. The zero-order valence-corrected chi connectivity index (χ0v) is 10.7. The average molecular weight is 216 g/mol. The Labute approximate surface area is 87.7 Å². The molecule has 0 aromatic heterocycles. The third kappa shape index (κ3) is 6.70. The van der Waals surface area contributed by atoms with E-state index in [1.807, 2.05) is 46.4 Å². The zero-order valence-electron chi connectivity index (χ0n) is 9.55. The Kier molecular flexibility index (Phi) is 7.18. The van der Waals surface area contributed by atoms with E-state index < -0.39 is 9.28 Å². The highest BCUT2D eigenvalue weighted by atomic mass is 28.3. The second-order valence-corrected chi connectivity index (χ2v) is 4.56. The molecule has 0 aromatic carbocycles. The molecule has 0 fully saturated rings. The van der Waals surface area contributed by atoms with Crippen LogP contribution < -0.4 is 11.0 Å². The van der Waals surface area contributed by atoms with Gasteiger partial charge in [-0.1, -0.05) is 12.2 Å². The maximum atomic E-state index is 5.30. The van der Waals surface area contributed by atoms with Crippen LogP contribution in [0.1, 0.15) is 27.7 Å². The molecule has 2 N–H and O–H groups in total. The molecule has 14 heavy (non-hydrogen) atoms. The summed E-state index contributed by atoms with van der Waals surface area (Å²) in [6.07, 6.45) is 3.87. The van der Waals surface area contributed by atoms with Gasteiger partial charge in [0.15, 0.2) is 0 Å². The molecule has 4 nitrogen and oxygen atoms in total. The summed E-state index contributed by atoms with van der Waals surface area (Å²) in [7, 11) is -1.65. The van der Waals surface area contributed by atoms with Gasteiger partial charge in [-0.15, -0.1) is 0 Å². The van der Waals surface area contributed by atoms with Crippen LogP contribution in [-0.2, 0) is 9.05 Å². The van der Waals surface area contributed by atoms with Crippen LogP contribution in [0, 0.1) is 0 Å². The van der Waals surface area contributed by atoms with E-state index in [2.05, 4.69) is 11.0 Å². The predicted molar refractivity (Wildman–Crippen MR) is 60.3 cm³/mol. The lowest BCUT2D eigenvalue weighted by atomic mass is 10.5. The van der Waals surface area contributed by atoms with Crippen LogP contribution in [0.15, 0.2) is 23.5 Å². The van der Waals surface area contributed by atoms with Gasteiger partial charge in [0.05, 0.1) is 0 Å². The van der Waals surface area contributed by atoms with Gasteiger partial charge < -0.3 is 0 Å². The van der Waals surface area contributed by atoms with E-state index in [9.17, 15) is 0 Å². The molecule has 0 saturated heterocycles. The molecule has 0 aromatic rings. The lowest BCUT2D eigenvalue weighted by molar-refractivity contribution is 0.117. The summed E-state index contributed by atoms with van der Waals surface area (Å²) < 4.78 is 10.6. The van der Waals surface area contributed by atoms with Gasteiger partial charge >= 0.3 is 9.28 Å². The summed E-state index contributed by atoms with van der Waals surface area (Å²) in [6, 6.07) is 0. The van der Waals surface area contributed by atoms with Gasteiger partial charge in [-0.25, -0.2) is 0 Å². The first kappa shape index (κ1) is 13.2. The molecule has 0 radical (unpaired) electrons. The quantitative estimate of drug-likeness (QED) is 0.524. The predicted octanol–water partition coefficient (Wildman–Crippen LogP) is 1.73. The largest absolute Gasteiger partial charge is 0.373 e. The minimum atomic E-state index is -1.65. The second kappa shape index (κ2) is 7.60. The Balaban J connectivity index is 3.61. The zero-order chi connectivity index (χ0) is 11.0. The van der Waals surface area contributed by atoms with E-state index in [1.165, 1.54) is 0 Å². The Morgan fingerprint density at radius 3 is 1.64 bits per heavy atom. The van der Waals surface area contributed by atoms with Crippen molar-refractivity contribution in [3.05, 3.63) is 23.5 Å². The molecule has 5 heteroatoms. The van der Waals surface area contributed by atoms with Gasteiger partial charge in [-0.05, 0) is 34.2 Å². The molecule has 0 aliphatic carbocycles. The Morgan fingerprint density at radius 2 is 1.36 bits per heavy atom. The summed E-state index contributed by atoms with van der Waals surface area (Å²) in [5.41, 5.74) is 7.59. The van der Waals surface area contributed by atoms with Gasteiger partial charge in [0.1, 0.15) is 0 Å². The van der Waals surface area contributed by atoms with Gasteiger partial charge in [-0.3, -0.25) is 20.0 Å². The summed E-state index contributed by atoms with van der Waals surface area (Å²) >= 11 is 0. The molecular formula is C9H20N2O2Si. The van der Waals surface area contributed by atoms with Crippen molar-refractivity contribution in [2.45, 2.75) is 34.2 Å². The molecule has 0 atom stereocenters. The van der Waals surface area contributed by atoms with Crippen LogP contribution in [0.5, 0.6) is 0 Å². The van der Waals surface area contributed by atoms with Gasteiger partial charge in [0, 0.05) is 11.4 Å². The minimum absolute atomic E-state index is 0.982. The molecule has 82 valence electrons. The fraction of sp³-hybridized carbons (Fsp3) is 0.556. The molecule has 0 rings (SSSR count). The van der Waals surface area contributed by atoms with E-state index in [0.717, 1.165) is 11.4 Å². The molecule has 0 spiro atoms. The number of rotatable bonds is 6. The molecular weight excluding hydrogens is 196 g/mol. The summed E-state index contributed by atoms with van der Waals surface area (Å²) in [4.78, 5) is 0. The van der Waals surface area contributed by atoms with E-state index in [-0.39, 0.29) is 0 Å². The first-order chi connectivity index (χ1) is 6.60. The summed E-state index contributed by atoms with van der Waals surface area (Å²) in [6.45, 7) is 9.70. The fourth-order valence-electron chi connectivity index (χ4n) is 0.494. The second-order valence-electron chi connectivity index (χ2n) is 2.95. The van der Waals surface area contributed by atoms with Gasteiger partial charge in [0.2, 0.25) is 0 Å². The van der Waals surface area contributed by atoms with Crippen LogP contribution >= 0.6 is 0 Å². The summed E-state index contributed by atoms with van der Waals surface area (Å²) in [5, 5.41) is 0. The maximum absolute atomic E-state index is 5.30. The van der Waals surface area contributed by atoms with Crippen molar-refractivity contribution in [2.75, 3.05) is 0 Å². The highest BCUT2D eigenvalue weighted by molar-refractivity contribution is 6.42. The number of hydroxylamine groups is 2. The SMILES string of the molecule is CC=C(C)NO[SiH](C)ONC(C)=CC. The molecule has 0 aliphatic heterocycles. The number of hydrogen-bond acceptors (Lipinski definition) is 4. The smallest absolute Gasteiger partial charge is 0.290 e. The Morgan fingerprint density at radius 1 is 1.00 bits per heavy atom. The highest BCUT2D eigenvalue weighted by Crippen LogP contribution is 1.91. The van der Waals surface area contributed by atoms with Crippen molar-refractivity contribution in [2.24, 2.45) is 0 Å². The van der Waals surface area contributed by atoms with E-state index in [0.29, 0.717) is 0 Å². The molecule has 0 aliphatic rings. The topological polar surface area (TPSA) is 42.5 Å². The van der Waals surface area contributed by atoms with Crippen LogP contribution in [0.3, 0.4) is 0 Å². The monoisotopic (exact) mass is 216 g/mol. The average Bonchev–Trinajstić information content (AvgIpc) is 2.22. The van der Waals surface area contributed by atoms with Crippen LogP contribution in [0.4, 0.5) is 0 Å². The summed E-state index contributed by atoms with van der Waals surface area (Å²) in [5.74, 6) is 0. The van der Waals surface area contributed by atoms with Gasteiger partial charge in [-0.2, -0.15) is 0 Å². The lowest BCUT2D eigenvalue weighted by Gasteiger charge is -2.14. The first-order valence-electron chi connectivity index (χ1n) is 4.69. The van der Waals surface area contributed by atoms with Crippen molar-refractivity contribution >= 4 is 9.28 Å². The first-order valence-corrected chi connectivity index (χ1v) is 6.79. The molecule has 0 heterocycles. The van der Waals surface area contributed by atoms with Crippen molar-refractivity contribution in [1.29, 1.82) is 0 Å². The van der Waals surface area contributed by atoms with Crippen molar-refractivity contribution in [1.82, 2.24) is 11.0 Å². The van der Waals surface area contributed by atoms with Crippen LogP contribution in [0.2, 0.25) is 6.55 Å². The molecule has 0 unspecified atom stereocenters. The third-order valence-electron chi connectivity index (χ3n) is 1.64.